The van der Waals surface area contributed by atoms with Gasteiger partial charge in [0.05, 0.1) is 36.6 Å². The van der Waals surface area contributed by atoms with Crippen LogP contribution in [-0.4, -0.2) is 49.5 Å². The Morgan fingerprint density at radius 1 is 1.27 bits per heavy atom. The summed E-state index contributed by atoms with van der Waals surface area (Å²) in [5.74, 6) is -0.525. The van der Waals surface area contributed by atoms with Gasteiger partial charge in [-0.3, -0.25) is 0 Å². The maximum atomic E-state index is 14.4. The third kappa shape index (κ3) is 4.02. The number of rotatable bonds is 8. The van der Waals surface area contributed by atoms with Crippen molar-refractivity contribution in [2.75, 3.05) is 20.5 Å². The third-order valence-electron chi connectivity index (χ3n) is 5.67. The molecular formula is C21H20F3N5O3S. The van der Waals surface area contributed by atoms with Gasteiger partial charge in [-0.15, -0.1) is 0 Å². The Morgan fingerprint density at radius 2 is 1.94 bits per heavy atom. The maximum Gasteiger partial charge on any atom is 0.244 e. The second kappa shape index (κ2) is 8.99. The number of benzene rings is 1. The van der Waals surface area contributed by atoms with Crippen molar-refractivity contribution in [3.63, 3.8) is 0 Å². The first-order chi connectivity index (χ1) is 15.8. The lowest BCUT2D eigenvalue weighted by Crippen LogP contribution is -2.38. The Labute approximate surface area is 188 Å². The molecule has 1 aliphatic carbocycles. The van der Waals surface area contributed by atoms with Crippen LogP contribution in [0.4, 0.5) is 13.2 Å². The lowest BCUT2D eigenvalue weighted by Gasteiger charge is -2.29. The van der Waals surface area contributed by atoms with Crippen LogP contribution in [0.5, 0.6) is 5.75 Å². The highest BCUT2D eigenvalue weighted by Gasteiger charge is 2.30. The van der Waals surface area contributed by atoms with E-state index < -0.39 is 35.2 Å². The summed E-state index contributed by atoms with van der Waals surface area (Å²) in [6.45, 7) is -2.41. The first kappa shape index (κ1) is 23.0. The van der Waals surface area contributed by atoms with Crippen LogP contribution >= 0.6 is 0 Å². The van der Waals surface area contributed by atoms with Crippen LogP contribution in [0.3, 0.4) is 0 Å². The number of aromatic nitrogens is 3. The third-order valence-corrected chi connectivity index (χ3v) is 7.15. The van der Waals surface area contributed by atoms with Crippen molar-refractivity contribution in [3.05, 3.63) is 35.9 Å². The molecule has 2 heterocycles. The Kier molecular flexibility index (Phi) is 6.27. The molecule has 174 valence electrons. The molecule has 1 N–H and O–H groups in total. The van der Waals surface area contributed by atoms with Gasteiger partial charge in [0.15, 0.2) is 17.4 Å². The zero-order chi connectivity index (χ0) is 23.8. The maximum absolute atomic E-state index is 14.4. The Hall–Kier alpha value is -3.17. The second-order valence-electron chi connectivity index (χ2n) is 7.66. The summed E-state index contributed by atoms with van der Waals surface area (Å²) >= 11 is 0. The van der Waals surface area contributed by atoms with E-state index in [1.807, 2.05) is 9.29 Å². The lowest BCUT2D eigenvalue weighted by molar-refractivity contribution is 0.323. The van der Waals surface area contributed by atoms with Crippen molar-refractivity contribution in [2.24, 2.45) is 0 Å². The zero-order valence-corrected chi connectivity index (χ0v) is 18.4. The number of hydrogen-bond acceptors (Lipinski definition) is 6. The second-order valence-corrected chi connectivity index (χ2v) is 9.38. The molecule has 0 aliphatic heterocycles. The number of methoxy groups -OCH3 is 1. The molecule has 1 aliphatic rings. The van der Waals surface area contributed by atoms with Crippen LogP contribution in [0.1, 0.15) is 30.9 Å². The van der Waals surface area contributed by atoms with E-state index in [4.69, 9.17) is 4.74 Å². The van der Waals surface area contributed by atoms with Crippen LogP contribution in [0.2, 0.25) is 0 Å². The smallest absolute Gasteiger partial charge is 0.244 e. The summed E-state index contributed by atoms with van der Waals surface area (Å²) < 4.78 is 73.5. The van der Waals surface area contributed by atoms with Gasteiger partial charge in [-0.1, -0.05) is 0 Å². The minimum atomic E-state index is -4.25. The number of nitrogens with one attached hydrogen (secondary N) is 1. The number of halogens is 3. The molecule has 0 amide bonds. The van der Waals surface area contributed by atoms with Gasteiger partial charge < -0.3 is 9.30 Å². The number of alkyl halides is 2. The molecule has 4 rings (SSSR count). The molecule has 1 aromatic carbocycles. The van der Waals surface area contributed by atoms with Gasteiger partial charge in [0.1, 0.15) is 30.0 Å². The van der Waals surface area contributed by atoms with Gasteiger partial charge in [0.2, 0.25) is 10.0 Å². The Balaban J connectivity index is 1.85. The fourth-order valence-electron chi connectivity index (χ4n) is 3.79. The van der Waals surface area contributed by atoms with E-state index in [0.717, 1.165) is 31.7 Å². The molecule has 0 atom stereocenters. The van der Waals surface area contributed by atoms with Gasteiger partial charge in [0.25, 0.3) is 0 Å². The van der Waals surface area contributed by atoms with E-state index in [9.17, 15) is 26.9 Å². The summed E-state index contributed by atoms with van der Waals surface area (Å²) in [6.07, 6.45) is 4.67. The van der Waals surface area contributed by atoms with Crippen molar-refractivity contribution < 1.29 is 26.3 Å². The first-order valence-electron chi connectivity index (χ1n) is 10.1. The van der Waals surface area contributed by atoms with Crippen LogP contribution < -0.4 is 9.46 Å². The number of nitrogens with zero attached hydrogens (tertiary/aromatic N) is 4. The molecule has 0 radical (unpaired) electrons. The molecule has 0 bridgehead atoms. The zero-order valence-electron chi connectivity index (χ0n) is 17.6. The monoisotopic (exact) mass is 479 g/mol. The molecule has 1 fully saturated rings. The van der Waals surface area contributed by atoms with Gasteiger partial charge in [-0.2, -0.15) is 5.26 Å². The number of hydrogen-bond donors (Lipinski definition) is 1. The van der Waals surface area contributed by atoms with E-state index in [1.165, 1.54) is 19.2 Å². The van der Waals surface area contributed by atoms with Crippen molar-refractivity contribution in [2.45, 2.75) is 36.2 Å². The number of ether oxygens (including phenoxy) is 1. The van der Waals surface area contributed by atoms with Crippen LogP contribution in [-0.2, 0) is 10.0 Å². The topological polar surface area (TPSA) is 110 Å². The molecule has 3 aromatic rings. The lowest BCUT2D eigenvalue weighted by atomic mass is 9.92. The van der Waals surface area contributed by atoms with E-state index in [0.29, 0.717) is 16.6 Å². The Bertz CT molecular complexity index is 1330. The molecule has 0 saturated heterocycles. The molecule has 1 saturated carbocycles. The molecule has 0 unspecified atom stereocenters. The SMILES string of the molecule is COc1cc2c(cc1F)c(C#N)c(-c1ncc(S(=O)(=O)NC(CF)CF)cn1)n2C1CCC1. The molecule has 2 aromatic heterocycles. The van der Waals surface area contributed by atoms with E-state index in [2.05, 4.69) is 16.0 Å². The van der Waals surface area contributed by atoms with Crippen molar-refractivity contribution in [3.8, 4) is 23.3 Å². The average Bonchev–Trinajstić information content (AvgIpc) is 3.08. The van der Waals surface area contributed by atoms with Gasteiger partial charge in [-0.05, 0) is 25.3 Å². The van der Waals surface area contributed by atoms with Crippen LogP contribution in [0.15, 0.2) is 29.4 Å². The van der Waals surface area contributed by atoms with Crippen molar-refractivity contribution in [1.82, 2.24) is 19.3 Å². The largest absolute Gasteiger partial charge is 0.494 e. The highest BCUT2D eigenvalue weighted by Crippen LogP contribution is 2.43. The summed E-state index contributed by atoms with van der Waals surface area (Å²) in [5.41, 5.74) is 1.08. The summed E-state index contributed by atoms with van der Waals surface area (Å²) in [6, 6.07) is 3.35. The molecule has 8 nitrogen and oxygen atoms in total. The summed E-state index contributed by atoms with van der Waals surface area (Å²) in [7, 11) is -2.90. The van der Waals surface area contributed by atoms with Crippen molar-refractivity contribution in [1.29, 1.82) is 5.26 Å². The minimum absolute atomic E-state index is 0.0281. The number of nitriles is 1. The van der Waals surface area contributed by atoms with Crippen molar-refractivity contribution >= 4 is 20.9 Å². The summed E-state index contributed by atoms with van der Waals surface area (Å²) in [4.78, 5) is 7.88. The standard InChI is InChI=1S/C21H20F3N5O3S/c1-32-19-6-18-15(5-17(19)24)16(9-25)20(29(18)13-3-2-4-13)21-26-10-14(11-27-21)33(30,31)28-12(7-22)8-23/h5-6,10-13,28H,2-4,7-8H2,1H3. The molecule has 0 spiro atoms. The predicted octanol–water partition coefficient (Wildman–Crippen LogP) is 3.43. The quantitative estimate of drug-likeness (QED) is 0.530. The number of fused-ring (bicyclic) bond motifs is 1. The fourth-order valence-corrected chi connectivity index (χ4v) is 4.88. The first-order valence-corrected chi connectivity index (χ1v) is 11.6. The van der Waals surface area contributed by atoms with E-state index >= 15 is 0 Å². The van der Waals surface area contributed by atoms with E-state index in [1.54, 1.807) is 0 Å². The fraction of sp³-hybridized carbons (Fsp3) is 0.381. The summed E-state index contributed by atoms with van der Waals surface area (Å²) in [5, 5.41) is 10.2. The normalized spacial score (nSPS) is 14.4. The average molecular weight is 479 g/mol. The minimum Gasteiger partial charge on any atom is -0.494 e. The van der Waals surface area contributed by atoms with E-state index in [-0.39, 0.29) is 28.1 Å². The predicted molar refractivity (Wildman–Crippen MR) is 113 cm³/mol. The highest BCUT2D eigenvalue weighted by atomic mass is 32.2. The Morgan fingerprint density at radius 3 is 2.45 bits per heavy atom. The molecular weight excluding hydrogens is 459 g/mol. The van der Waals surface area contributed by atoms with Gasteiger partial charge in [-0.25, -0.2) is 36.3 Å². The van der Waals surface area contributed by atoms with Gasteiger partial charge in [0, 0.05) is 17.5 Å². The molecule has 12 heteroatoms. The molecule has 33 heavy (non-hydrogen) atoms. The van der Waals surface area contributed by atoms with Crippen LogP contribution in [0, 0.1) is 17.1 Å². The highest BCUT2D eigenvalue weighted by molar-refractivity contribution is 7.89. The van der Waals surface area contributed by atoms with Gasteiger partial charge >= 0.3 is 0 Å². The van der Waals surface area contributed by atoms with Crippen LogP contribution in [0.25, 0.3) is 22.4 Å². The number of sulfonamides is 1.